The molecule has 0 aromatic carbocycles. The van der Waals surface area contributed by atoms with Crippen LogP contribution in [0, 0.1) is 0 Å². The number of amides is 1. The third kappa shape index (κ3) is 18.3. The third-order valence-electron chi connectivity index (χ3n) is 2.86. The zero-order chi connectivity index (χ0) is 19.0. The number of hydrogen-bond acceptors (Lipinski definition) is 7. The van der Waals surface area contributed by atoms with Crippen molar-refractivity contribution in [1.29, 1.82) is 0 Å². The van der Waals surface area contributed by atoms with Crippen LogP contribution in [0.4, 0.5) is 4.79 Å². The molecule has 0 unspecified atom stereocenters. The van der Waals surface area contributed by atoms with E-state index in [-0.39, 0.29) is 32.2 Å². The quantitative estimate of drug-likeness (QED) is 0.235. The number of unbranched alkanes of at least 4 members (excludes halogenated alkanes) is 3. The van der Waals surface area contributed by atoms with E-state index in [1.807, 2.05) is 0 Å². The number of isocyanates is 1. The molecular weight excluding hydrogens is 328 g/mol. The number of nitrogens with zero attached hydrogens (tertiary/aromatic N) is 1. The lowest BCUT2D eigenvalue weighted by Crippen LogP contribution is -2.27. The van der Waals surface area contributed by atoms with E-state index in [9.17, 15) is 14.4 Å². The van der Waals surface area contributed by atoms with E-state index in [0.29, 0.717) is 13.1 Å². The zero-order valence-electron chi connectivity index (χ0n) is 15.5. The Morgan fingerprint density at radius 3 is 2.44 bits per heavy atom. The molecule has 1 amide bonds. The van der Waals surface area contributed by atoms with Crippen molar-refractivity contribution >= 4 is 18.1 Å². The summed E-state index contributed by atoms with van der Waals surface area (Å²) in [5.74, 6) is -0.316. The van der Waals surface area contributed by atoms with E-state index in [4.69, 9.17) is 14.2 Å². The summed E-state index contributed by atoms with van der Waals surface area (Å²) in [5, 5.41) is 2.64. The molecular formula is C17H30N2O6. The van der Waals surface area contributed by atoms with E-state index in [0.717, 1.165) is 25.7 Å². The molecule has 0 aromatic heterocycles. The molecule has 1 N–H and O–H groups in total. The summed E-state index contributed by atoms with van der Waals surface area (Å²) in [4.78, 5) is 36.1. The summed E-state index contributed by atoms with van der Waals surface area (Å²) < 4.78 is 15.3. The molecule has 0 spiro atoms. The van der Waals surface area contributed by atoms with Crippen molar-refractivity contribution in [1.82, 2.24) is 5.32 Å². The Morgan fingerprint density at radius 2 is 1.76 bits per heavy atom. The van der Waals surface area contributed by atoms with Gasteiger partial charge in [0.25, 0.3) is 0 Å². The molecule has 0 fully saturated rings. The average molecular weight is 358 g/mol. The number of hydrogen-bond donors (Lipinski definition) is 1. The molecule has 0 atom stereocenters. The fraction of sp³-hybridized carbons (Fsp3) is 0.824. The van der Waals surface area contributed by atoms with E-state index in [1.165, 1.54) is 6.08 Å². The van der Waals surface area contributed by atoms with Crippen LogP contribution < -0.4 is 5.32 Å². The van der Waals surface area contributed by atoms with Gasteiger partial charge in [-0.1, -0.05) is 12.8 Å². The number of nitrogens with one attached hydrogen (secondary N) is 1. The van der Waals surface area contributed by atoms with Crippen LogP contribution in [0.1, 0.15) is 52.9 Å². The number of alkyl carbamates (subject to hydrolysis) is 1. The number of ether oxygens (including phenoxy) is 3. The molecule has 144 valence electrons. The minimum absolute atomic E-state index is 0.129. The highest BCUT2D eigenvalue weighted by atomic mass is 16.6. The van der Waals surface area contributed by atoms with Crippen LogP contribution in [0.3, 0.4) is 0 Å². The zero-order valence-corrected chi connectivity index (χ0v) is 15.5. The van der Waals surface area contributed by atoms with Crippen molar-refractivity contribution in [3.63, 3.8) is 0 Å². The standard InChI is InChI=1S/C17H30N2O6/c1-17(2,3)25-15(21)8-11-23-12-13-24-16(22)19-10-7-5-4-6-9-18-14-20/h4-13H2,1-3H3,(H,19,22). The lowest BCUT2D eigenvalue weighted by Gasteiger charge is -2.19. The smallest absolute Gasteiger partial charge is 0.407 e. The predicted molar refractivity (Wildman–Crippen MR) is 92.1 cm³/mol. The van der Waals surface area contributed by atoms with Gasteiger partial charge in [-0.25, -0.2) is 14.6 Å². The maximum Gasteiger partial charge on any atom is 0.407 e. The fourth-order valence-corrected chi connectivity index (χ4v) is 1.80. The Morgan fingerprint density at radius 1 is 1.04 bits per heavy atom. The van der Waals surface area contributed by atoms with Crippen LogP contribution in [0.2, 0.25) is 0 Å². The molecule has 0 aliphatic heterocycles. The van der Waals surface area contributed by atoms with Crippen molar-refractivity contribution in [3.8, 4) is 0 Å². The van der Waals surface area contributed by atoms with Gasteiger partial charge in [-0.05, 0) is 33.6 Å². The summed E-state index contributed by atoms with van der Waals surface area (Å²) >= 11 is 0. The molecule has 8 nitrogen and oxygen atoms in total. The summed E-state index contributed by atoms with van der Waals surface area (Å²) in [7, 11) is 0. The maximum absolute atomic E-state index is 11.4. The van der Waals surface area contributed by atoms with Gasteiger partial charge in [-0.15, -0.1) is 0 Å². The average Bonchev–Trinajstić information content (AvgIpc) is 2.51. The number of carbonyl (C=O) groups is 2. The maximum atomic E-state index is 11.4. The first-order valence-electron chi connectivity index (χ1n) is 8.59. The molecule has 0 aromatic rings. The van der Waals surface area contributed by atoms with Gasteiger partial charge in [0.1, 0.15) is 12.2 Å². The Labute approximate surface area is 149 Å². The van der Waals surface area contributed by atoms with Crippen LogP contribution in [-0.2, 0) is 23.8 Å². The van der Waals surface area contributed by atoms with E-state index >= 15 is 0 Å². The second-order valence-corrected chi connectivity index (χ2v) is 6.40. The van der Waals surface area contributed by atoms with Crippen LogP contribution >= 0.6 is 0 Å². The van der Waals surface area contributed by atoms with E-state index in [2.05, 4.69) is 10.3 Å². The minimum atomic E-state index is -0.498. The largest absolute Gasteiger partial charge is 0.460 e. The Kier molecular flexibility index (Phi) is 13.3. The molecule has 8 heteroatoms. The first-order valence-corrected chi connectivity index (χ1v) is 8.59. The normalized spacial score (nSPS) is 10.7. The van der Waals surface area contributed by atoms with E-state index in [1.54, 1.807) is 20.8 Å². The number of esters is 1. The summed E-state index contributed by atoms with van der Waals surface area (Å²) in [6, 6.07) is 0. The number of aliphatic imine (C=N–C) groups is 1. The molecule has 0 rings (SSSR count). The second-order valence-electron chi connectivity index (χ2n) is 6.40. The second kappa shape index (κ2) is 14.4. The van der Waals surface area contributed by atoms with Crippen molar-refractivity contribution in [2.75, 3.05) is 32.9 Å². The van der Waals surface area contributed by atoms with Gasteiger partial charge >= 0.3 is 12.1 Å². The van der Waals surface area contributed by atoms with Gasteiger partial charge in [0.15, 0.2) is 0 Å². The Balaban J connectivity index is 3.38. The molecule has 0 bridgehead atoms. The highest BCUT2D eigenvalue weighted by Crippen LogP contribution is 2.08. The lowest BCUT2D eigenvalue weighted by atomic mass is 10.2. The lowest BCUT2D eigenvalue weighted by molar-refractivity contribution is -0.156. The summed E-state index contributed by atoms with van der Waals surface area (Å²) in [6.07, 6.45) is 4.77. The van der Waals surface area contributed by atoms with Crippen LogP contribution in [0.15, 0.2) is 4.99 Å². The van der Waals surface area contributed by atoms with Crippen molar-refractivity contribution in [2.24, 2.45) is 4.99 Å². The Hall–Kier alpha value is -1.92. The molecule has 0 heterocycles. The van der Waals surface area contributed by atoms with Crippen molar-refractivity contribution < 1.29 is 28.6 Å². The van der Waals surface area contributed by atoms with E-state index < -0.39 is 11.7 Å². The minimum Gasteiger partial charge on any atom is -0.460 e. The summed E-state index contributed by atoms with van der Waals surface area (Å²) in [6.45, 7) is 7.05. The van der Waals surface area contributed by atoms with Crippen molar-refractivity contribution in [3.05, 3.63) is 0 Å². The molecule has 25 heavy (non-hydrogen) atoms. The van der Waals surface area contributed by atoms with Gasteiger partial charge < -0.3 is 19.5 Å². The molecule has 0 saturated heterocycles. The molecule has 0 aliphatic rings. The van der Waals surface area contributed by atoms with Gasteiger partial charge in [-0.3, -0.25) is 4.79 Å². The number of rotatable bonds is 13. The highest BCUT2D eigenvalue weighted by molar-refractivity contribution is 5.69. The van der Waals surface area contributed by atoms with Gasteiger partial charge in [0, 0.05) is 6.54 Å². The van der Waals surface area contributed by atoms with Crippen molar-refractivity contribution in [2.45, 2.75) is 58.5 Å². The highest BCUT2D eigenvalue weighted by Gasteiger charge is 2.15. The monoisotopic (exact) mass is 358 g/mol. The SMILES string of the molecule is CC(C)(C)OC(=O)CCOCCOC(=O)NCCCCCCN=C=O. The van der Waals surface area contributed by atoms with Crippen LogP contribution in [0.25, 0.3) is 0 Å². The van der Waals surface area contributed by atoms with Gasteiger partial charge in [0.05, 0.1) is 26.2 Å². The first-order chi connectivity index (χ1) is 11.8. The molecule has 0 radical (unpaired) electrons. The Bertz CT molecular complexity index is 427. The summed E-state index contributed by atoms with van der Waals surface area (Å²) in [5.41, 5.74) is -0.498. The van der Waals surface area contributed by atoms with Gasteiger partial charge in [0.2, 0.25) is 6.08 Å². The fourth-order valence-electron chi connectivity index (χ4n) is 1.80. The van der Waals surface area contributed by atoms with Crippen LogP contribution in [-0.4, -0.2) is 56.7 Å². The third-order valence-corrected chi connectivity index (χ3v) is 2.86. The first kappa shape index (κ1) is 23.1. The topological polar surface area (TPSA) is 103 Å². The van der Waals surface area contributed by atoms with Crippen LogP contribution in [0.5, 0.6) is 0 Å². The predicted octanol–water partition coefficient (Wildman–Crippen LogP) is 2.36. The number of carbonyl (C=O) groups excluding carboxylic acids is 3. The molecule has 0 saturated carbocycles. The molecule has 0 aliphatic carbocycles. The van der Waals surface area contributed by atoms with Gasteiger partial charge in [-0.2, -0.15) is 0 Å².